The highest BCUT2D eigenvalue weighted by molar-refractivity contribution is 6.03. The number of carbonyl (C=O) groups excluding carboxylic acids is 1. The Balaban J connectivity index is 1.84. The fourth-order valence-corrected chi connectivity index (χ4v) is 3.08. The lowest BCUT2D eigenvalue weighted by molar-refractivity contribution is 0.0973. The Morgan fingerprint density at radius 1 is 1.00 bits per heavy atom. The van der Waals surface area contributed by atoms with Gasteiger partial charge in [-0.25, -0.2) is 9.07 Å². The zero-order valence-electron chi connectivity index (χ0n) is 13.0. The number of fused-ring (bicyclic) bond motifs is 1. The van der Waals surface area contributed by atoms with Crippen LogP contribution in [0.25, 0.3) is 5.69 Å². The second-order valence-corrected chi connectivity index (χ2v) is 5.80. The molecule has 1 N–H and O–H groups in total. The zero-order chi connectivity index (χ0) is 16.5. The van der Waals surface area contributed by atoms with Crippen molar-refractivity contribution in [2.24, 2.45) is 0 Å². The molecule has 4 nitrogen and oxygen atoms in total. The zero-order valence-corrected chi connectivity index (χ0v) is 13.0. The number of hydrogen-bond acceptors (Lipinski definition) is 3. The van der Waals surface area contributed by atoms with Gasteiger partial charge in [-0.15, -0.1) is 5.10 Å². The van der Waals surface area contributed by atoms with E-state index in [4.69, 9.17) is 0 Å². The van der Waals surface area contributed by atoms with Gasteiger partial charge in [0, 0.05) is 6.42 Å². The first-order valence-electron chi connectivity index (χ1n) is 7.96. The third kappa shape index (κ3) is 2.48. The molecule has 3 aromatic rings. The van der Waals surface area contributed by atoms with Crippen molar-refractivity contribution in [2.75, 3.05) is 5.32 Å². The lowest BCUT2D eigenvalue weighted by atomic mass is 9.95. The van der Waals surface area contributed by atoms with Gasteiger partial charge in [0.15, 0.2) is 11.6 Å². The molecule has 1 aliphatic carbocycles. The Morgan fingerprint density at radius 2 is 1.75 bits per heavy atom. The molecule has 120 valence electrons. The smallest absolute Gasteiger partial charge is 0.168 e. The molecule has 0 radical (unpaired) electrons. The number of benzene rings is 2. The van der Waals surface area contributed by atoms with Gasteiger partial charge in [0.05, 0.1) is 22.6 Å². The van der Waals surface area contributed by atoms with Crippen molar-refractivity contribution in [3.8, 4) is 5.69 Å². The molecular formula is C19H16FN3O. The number of rotatable bonds is 3. The maximum Gasteiger partial charge on any atom is 0.168 e. The molecule has 0 unspecified atom stereocenters. The van der Waals surface area contributed by atoms with E-state index in [1.807, 2.05) is 30.3 Å². The molecule has 0 fully saturated rings. The van der Waals surface area contributed by atoms with E-state index in [-0.39, 0.29) is 11.6 Å². The summed E-state index contributed by atoms with van der Waals surface area (Å²) in [6, 6.07) is 16.1. The van der Waals surface area contributed by atoms with Crippen LogP contribution >= 0.6 is 0 Å². The average Bonchev–Trinajstić information content (AvgIpc) is 2.98. The highest BCUT2D eigenvalue weighted by Crippen LogP contribution is 2.32. The molecule has 0 spiro atoms. The second-order valence-electron chi connectivity index (χ2n) is 5.80. The molecule has 2 aromatic carbocycles. The predicted molar refractivity (Wildman–Crippen MR) is 90.5 cm³/mol. The fourth-order valence-electron chi connectivity index (χ4n) is 3.08. The Labute approximate surface area is 138 Å². The minimum Gasteiger partial charge on any atom is -0.336 e. The Kier molecular flexibility index (Phi) is 3.61. The standard InChI is InChI=1S/C19H16FN3O/c20-14-9-4-5-10-15(14)21-19-18-16(11-6-12-17(18)24)23(22-19)13-7-2-1-3-8-13/h1-5,7-10H,6,11-12H2,(H,21,22). The van der Waals surface area contributed by atoms with Crippen LogP contribution in [-0.4, -0.2) is 15.6 Å². The molecular weight excluding hydrogens is 305 g/mol. The van der Waals surface area contributed by atoms with Crippen LogP contribution in [0.4, 0.5) is 15.9 Å². The van der Waals surface area contributed by atoms with Crippen LogP contribution in [0.2, 0.25) is 0 Å². The van der Waals surface area contributed by atoms with Gasteiger partial charge in [-0.2, -0.15) is 0 Å². The number of Topliss-reactive ketones (excluding diaryl/α,β-unsaturated/α-hetero) is 1. The Bertz CT molecular complexity index is 902. The summed E-state index contributed by atoms with van der Waals surface area (Å²) in [7, 11) is 0. The van der Waals surface area contributed by atoms with Gasteiger partial charge in [-0.1, -0.05) is 30.3 Å². The molecule has 5 heteroatoms. The lowest BCUT2D eigenvalue weighted by Crippen LogP contribution is -2.13. The predicted octanol–water partition coefficient (Wildman–Crippen LogP) is 4.27. The SMILES string of the molecule is O=C1CCCc2c1c(Nc1ccccc1F)nn2-c1ccccc1. The minimum absolute atomic E-state index is 0.0530. The Hall–Kier alpha value is -2.95. The van der Waals surface area contributed by atoms with Crippen LogP contribution in [-0.2, 0) is 6.42 Å². The van der Waals surface area contributed by atoms with Crippen LogP contribution in [0.3, 0.4) is 0 Å². The van der Waals surface area contributed by atoms with E-state index >= 15 is 0 Å². The topological polar surface area (TPSA) is 46.9 Å². The van der Waals surface area contributed by atoms with Gasteiger partial charge < -0.3 is 5.32 Å². The summed E-state index contributed by atoms with van der Waals surface area (Å²) < 4.78 is 15.7. The first-order valence-corrected chi connectivity index (χ1v) is 7.96. The van der Waals surface area contributed by atoms with E-state index in [1.165, 1.54) is 6.07 Å². The molecule has 1 aromatic heterocycles. The first kappa shape index (κ1) is 14.6. The summed E-state index contributed by atoms with van der Waals surface area (Å²) in [6.07, 6.45) is 2.09. The quantitative estimate of drug-likeness (QED) is 0.783. The lowest BCUT2D eigenvalue weighted by Gasteiger charge is -2.13. The molecule has 0 saturated heterocycles. The highest BCUT2D eigenvalue weighted by Gasteiger charge is 2.28. The molecule has 0 aliphatic heterocycles. The molecule has 0 bridgehead atoms. The number of carbonyl (C=O) groups is 1. The first-order chi connectivity index (χ1) is 11.7. The van der Waals surface area contributed by atoms with E-state index in [1.54, 1.807) is 22.9 Å². The number of nitrogens with zero attached hydrogens (tertiary/aromatic N) is 2. The summed E-state index contributed by atoms with van der Waals surface area (Å²) in [6.45, 7) is 0. The van der Waals surface area contributed by atoms with Crippen LogP contribution < -0.4 is 5.32 Å². The minimum atomic E-state index is -0.372. The van der Waals surface area contributed by atoms with Crippen LogP contribution in [0.1, 0.15) is 28.9 Å². The van der Waals surface area contributed by atoms with Gasteiger partial charge in [0.1, 0.15) is 5.82 Å². The Morgan fingerprint density at radius 3 is 2.54 bits per heavy atom. The van der Waals surface area contributed by atoms with E-state index < -0.39 is 0 Å². The van der Waals surface area contributed by atoms with Crippen molar-refractivity contribution < 1.29 is 9.18 Å². The molecule has 0 saturated carbocycles. The normalized spacial score (nSPS) is 13.6. The number of hydrogen-bond donors (Lipinski definition) is 1. The largest absolute Gasteiger partial charge is 0.336 e. The summed E-state index contributed by atoms with van der Waals surface area (Å²) in [5.74, 6) is 0.102. The van der Waals surface area contributed by atoms with E-state index in [0.717, 1.165) is 24.2 Å². The van der Waals surface area contributed by atoms with Crippen LogP contribution in [0.15, 0.2) is 54.6 Å². The third-order valence-electron chi connectivity index (χ3n) is 4.21. The van der Waals surface area contributed by atoms with Gasteiger partial charge in [0.25, 0.3) is 0 Å². The summed E-state index contributed by atoms with van der Waals surface area (Å²) in [4.78, 5) is 12.4. The van der Waals surface area contributed by atoms with E-state index in [2.05, 4.69) is 10.4 Å². The van der Waals surface area contributed by atoms with Crippen molar-refractivity contribution in [3.63, 3.8) is 0 Å². The number of nitrogens with one attached hydrogen (secondary N) is 1. The summed E-state index contributed by atoms with van der Waals surface area (Å²) in [5, 5.41) is 7.56. The molecule has 0 atom stereocenters. The van der Waals surface area contributed by atoms with Crippen molar-refractivity contribution in [1.82, 2.24) is 9.78 Å². The maximum atomic E-state index is 14.0. The van der Waals surface area contributed by atoms with Gasteiger partial charge in [-0.3, -0.25) is 4.79 Å². The number of aromatic nitrogens is 2. The van der Waals surface area contributed by atoms with Crippen LogP contribution in [0, 0.1) is 5.82 Å². The molecule has 0 amide bonds. The van der Waals surface area contributed by atoms with Gasteiger partial charge >= 0.3 is 0 Å². The molecule has 4 rings (SSSR count). The summed E-state index contributed by atoms with van der Waals surface area (Å²) in [5.41, 5.74) is 2.67. The number of halogens is 1. The van der Waals surface area contributed by atoms with Crippen molar-refractivity contribution in [1.29, 1.82) is 0 Å². The monoisotopic (exact) mass is 321 g/mol. The summed E-state index contributed by atoms with van der Waals surface area (Å²) >= 11 is 0. The highest BCUT2D eigenvalue weighted by atomic mass is 19.1. The van der Waals surface area contributed by atoms with Gasteiger partial charge in [-0.05, 0) is 37.1 Å². The molecule has 24 heavy (non-hydrogen) atoms. The third-order valence-corrected chi connectivity index (χ3v) is 4.21. The molecule has 1 heterocycles. The van der Waals surface area contributed by atoms with E-state index in [9.17, 15) is 9.18 Å². The number of anilines is 2. The van der Waals surface area contributed by atoms with Crippen molar-refractivity contribution >= 4 is 17.3 Å². The number of ketones is 1. The van der Waals surface area contributed by atoms with Crippen molar-refractivity contribution in [3.05, 3.63) is 71.7 Å². The van der Waals surface area contributed by atoms with Gasteiger partial charge in [0.2, 0.25) is 0 Å². The average molecular weight is 321 g/mol. The number of para-hydroxylation sites is 2. The van der Waals surface area contributed by atoms with Crippen LogP contribution in [0.5, 0.6) is 0 Å². The van der Waals surface area contributed by atoms with E-state index in [0.29, 0.717) is 23.5 Å². The second kappa shape index (κ2) is 5.92. The van der Waals surface area contributed by atoms with Crippen molar-refractivity contribution in [2.45, 2.75) is 19.3 Å². The maximum absolute atomic E-state index is 14.0. The fraction of sp³-hybridized carbons (Fsp3) is 0.158. The molecule has 1 aliphatic rings.